The quantitative estimate of drug-likeness (QED) is 0.763. The van der Waals surface area contributed by atoms with Crippen molar-refractivity contribution < 1.29 is 9.90 Å². The first-order chi connectivity index (χ1) is 9.74. The largest absolute Gasteiger partial charge is 0.478 e. The third-order valence-corrected chi connectivity index (χ3v) is 2.97. The Bertz CT molecular complexity index is 751. The molecule has 5 heteroatoms. The molecule has 98 valence electrons. The molecule has 0 atom stereocenters. The third kappa shape index (κ3) is 2.29. The maximum atomic E-state index is 11.0. The van der Waals surface area contributed by atoms with E-state index in [2.05, 4.69) is 15.2 Å². The van der Waals surface area contributed by atoms with Crippen LogP contribution in [0, 0.1) is 0 Å². The van der Waals surface area contributed by atoms with Crippen molar-refractivity contribution >= 4 is 5.97 Å². The van der Waals surface area contributed by atoms with Crippen molar-refractivity contribution in [3.8, 4) is 22.5 Å². The molecule has 0 fully saturated rings. The number of aromatic carboxylic acids is 1. The average molecular weight is 265 g/mol. The molecule has 0 unspecified atom stereocenters. The van der Waals surface area contributed by atoms with Crippen LogP contribution in [0.3, 0.4) is 0 Å². The van der Waals surface area contributed by atoms with E-state index in [9.17, 15) is 4.79 Å². The van der Waals surface area contributed by atoms with Crippen molar-refractivity contribution in [2.75, 3.05) is 0 Å². The van der Waals surface area contributed by atoms with Gasteiger partial charge in [-0.2, -0.15) is 5.10 Å². The normalized spacial score (nSPS) is 10.4. The van der Waals surface area contributed by atoms with Gasteiger partial charge in [-0.25, -0.2) is 4.79 Å². The van der Waals surface area contributed by atoms with Crippen LogP contribution in [-0.2, 0) is 0 Å². The molecule has 0 saturated heterocycles. The SMILES string of the molecule is O=C(O)c1cccc(-c2cc(-c3ccncc3)[nH]n2)c1. The van der Waals surface area contributed by atoms with E-state index in [0.717, 1.165) is 16.8 Å². The lowest BCUT2D eigenvalue weighted by Gasteiger charge is -1.98. The summed E-state index contributed by atoms with van der Waals surface area (Å²) in [6.07, 6.45) is 3.42. The molecule has 0 spiro atoms. The molecular weight excluding hydrogens is 254 g/mol. The molecule has 3 aromatic rings. The topological polar surface area (TPSA) is 78.9 Å². The fourth-order valence-electron chi connectivity index (χ4n) is 1.96. The molecule has 0 radical (unpaired) electrons. The van der Waals surface area contributed by atoms with Gasteiger partial charge in [-0.05, 0) is 30.3 Å². The number of carbonyl (C=O) groups is 1. The molecule has 20 heavy (non-hydrogen) atoms. The summed E-state index contributed by atoms with van der Waals surface area (Å²) in [5.41, 5.74) is 3.56. The Labute approximate surface area is 114 Å². The van der Waals surface area contributed by atoms with Gasteiger partial charge < -0.3 is 5.11 Å². The number of rotatable bonds is 3. The number of H-pyrrole nitrogens is 1. The van der Waals surface area contributed by atoms with Gasteiger partial charge in [0.2, 0.25) is 0 Å². The predicted molar refractivity (Wildman–Crippen MR) is 74.2 cm³/mol. The highest BCUT2D eigenvalue weighted by atomic mass is 16.4. The Hall–Kier alpha value is -2.95. The van der Waals surface area contributed by atoms with Gasteiger partial charge in [-0.1, -0.05) is 12.1 Å². The molecule has 0 aliphatic carbocycles. The summed E-state index contributed by atoms with van der Waals surface area (Å²) in [6, 6.07) is 12.3. The lowest BCUT2D eigenvalue weighted by atomic mass is 10.1. The second kappa shape index (κ2) is 4.97. The highest BCUT2D eigenvalue weighted by molar-refractivity contribution is 5.89. The molecule has 0 amide bonds. The van der Waals surface area contributed by atoms with Crippen LogP contribution in [0.5, 0.6) is 0 Å². The van der Waals surface area contributed by atoms with Gasteiger partial charge in [0.05, 0.1) is 17.0 Å². The molecule has 2 N–H and O–H groups in total. The minimum Gasteiger partial charge on any atom is -0.478 e. The minimum atomic E-state index is -0.947. The Morgan fingerprint density at radius 1 is 1.05 bits per heavy atom. The van der Waals surface area contributed by atoms with Crippen molar-refractivity contribution in [2.45, 2.75) is 0 Å². The maximum Gasteiger partial charge on any atom is 0.335 e. The summed E-state index contributed by atoms with van der Waals surface area (Å²) in [6.45, 7) is 0. The van der Waals surface area contributed by atoms with E-state index >= 15 is 0 Å². The van der Waals surface area contributed by atoms with Crippen LogP contribution in [0.4, 0.5) is 0 Å². The summed E-state index contributed by atoms with van der Waals surface area (Å²) in [4.78, 5) is 14.9. The zero-order valence-electron chi connectivity index (χ0n) is 10.4. The van der Waals surface area contributed by atoms with Gasteiger partial charge >= 0.3 is 5.97 Å². The van der Waals surface area contributed by atoms with E-state index in [0.29, 0.717) is 5.69 Å². The fraction of sp³-hybridized carbons (Fsp3) is 0. The number of benzene rings is 1. The average Bonchev–Trinajstić information content (AvgIpc) is 2.98. The molecule has 2 aromatic heterocycles. The summed E-state index contributed by atoms with van der Waals surface area (Å²) < 4.78 is 0. The zero-order valence-corrected chi connectivity index (χ0v) is 10.4. The second-order valence-corrected chi connectivity index (χ2v) is 4.29. The van der Waals surface area contributed by atoms with Crippen LogP contribution in [0.2, 0.25) is 0 Å². The van der Waals surface area contributed by atoms with Crippen LogP contribution in [-0.4, -0.2) is 26.3 Å². The number of pyridine rings is 1. The summed E-state index contributed by atoms with van der Waals surface area (Å²) in [7, 11) is 0. The maximum absolute atomic E-state index is 11.0. The number of aromatic nitrogens is 3. The first-order valence-corrected chi connectivity index (χ1v) is 6.03. The van der Waals surface area contributed by atoms with E-state index in [1.54, 1.807) is 30.6 Å². The van der Waals surface area contributed by atoms with Crippen molar-refractivity contribution in [1.29, 1.82) is 0 Å². The van der Waals surface area contributed by atoms with E-state index in [-0.39, 0.29) is 5.56 Å². The molecule has 2 heterocycles. The molecule has 0 aliphatic heterocycles. The number of nitrogens with one attached hydrogen (secondary N) is 1. The van der Waals surface area contributed by atoms with E-state index in [4.69, 9.17) is 5.11 Å². The predicted octanol–water partition coefficient (Wildman–Crippen LogP) is 2.84. The first kappa shape index (κ1) is 12.1. The smallest absolute Gasteiger partial charge is 0.335 e. The zero-order chi connectivity index (χ0) is 13.9. The molecule has 1 aromatic carbocycles. The Kier molecular flexibility index (Phi) is 3.01. The molecule has 3 rings (SSSR count). The van der Waals surface area contributed by atoms with Gasteiger partial charge in [0.15, 0.2) is 0 Å². The van der Waals surface area contributed by atoms with E-state index in [1.165, 1.54) is 0 Å². The fourth-order valence-corrected chi connectivity index (χ4v) is 1.96. The molecule has 0 bridgehead atoms. The van der Waals surface area contributed by atoms with Crippen molar-refractivity contribution in [1.82, 2.24) is 15.2 Å². The summed E-state index contributed by atoms with van der Waals surface area (Å²) in [5.74, 6) is -0.947. The highest BCUT2D eigenvalue weighted by Crippen LogP contribution is 2.23. The van der Waals surface area contributed by atoms with Crippen LogP contribution >= 0.6 is 0 Å². The van der Waals surface area contributed by atoms with Crippen molar-refractivity contribution in [3.05, 3.63) is 60.4 Å². The molecule has 5 nitrogen and oxygen atoms in total. The molecule has 0 aliphatic rings. The van der Waals surface area contributed by atoms with Crippen molar-refractivity contribution in [2.24, 2.45) is 0 Å². The van der Waals surface area contributed by atoms with Gasteiger partial charge in [-0.3, -0.25) is 10.1 Å². The van der Waals surface area contributed by atoms with Gasteiger partial charge in [0.1, 0.15) is 0 Å². The number of carboxylic acids is 1. The van der Waals surface area contributed by atoms with Gasteiger partial charge in [0.25, 0.3) is 0 Å². The lowest BCUT2D eigenvalue weighted by Crippen LogP contribution is -1.95. The molecule has 0 saturated carbocycles. The first-order valence-electron chi connectivity index (χ1n) is 6.03. The van der Waals surface area contributed by atoms with Crippen LogP contribution in [0.15, 0.2) is 54.9 Å². The standard InChI is InChI=1S/C15H11N3O2/c19-15(20)12-3-1-2-11(8-12)14-9-13(17-18-14)10-4-6-16-7-5-10/h1-9H,(H,17,18)(H,19,20). The number of hydrogen-bond acceptors (Lipinski definition) is 3. The lowest BCUT2D eigenvalue weighted by molar-refractivity contribution is 0.0697. The number of hydrogen-bond donors (Lipinski definition) is 2. The number of aromatic amines is 1. The number of nitrogens with zero attached hydrogens (tertiary/aromatic N) is 2. The van der Waals surface area contributed by atoms with Crippen molar-refractivity contribution in [3.63, 3.8) is 0 Å². The minimum absolute atomic E-state index is 0.246. The number of carboxylic acid groups (broad SMARTS) is 1. The Morgan fingerprint density at radius 3 is 2.60 bits per heavy atom. The second-order valence-electron chi connectivity index (χ2n) is 4.29. The van der Waals surface area contributed by atoms with E-state index < -0.39 is 5.97 Å². The van der Waals surface area contributed by atoms with E-state index in [1.807, 2.05) is 24.3 Å². The third-order valence-electron chi connectivity index (χ3n) is 2.97. The van der Waals surface area contributed by atoms with Crippen LogP contribution < -0.4 is 0 Å². The monoisotopic (exact) mass is 265 g/mol. The summed E-state index contributed by atoms with van der Waals surface area (Å²) >= 11 is 0. The Morgan fingerprint density at radius 2 is 1.85 bits per heavy atom. The van der Waals surface area contributed by atoms with Crippen LogP contribution in [0.1, 0.15) is 10.4 Å². The molecular formula is C15H11N3O2. The van der Waals surface area contributed by atoms with Gasteiger partial charge in [-0.15, -0.1) is 0 Å². The summed E-state index contributed by atoms with van der Waals surface area (Å²) in [5, 5.41) is 16.2. The Balaban J connectivity index is 1.98. The van der Waals surface area contributed by atoms with Crippen LogP contribution in [0.25, 0.3) is 22.5 Å². The highest BCUT2D eigenvalue weighted by Gasteiger charge is 2.08. The van der Waals surface area contributed by atoms with Gasteiger partial charge in [0, 0.05) is 23.5 Å².